The molecule has 1 aliphatic carbocycles. The summed E-state index contributed by atoms with van der Waals surface area (Å²) in [6, 6.07) is 13.3. The van der Waals surface area contributed by atoms with Crippen molar-refractivity contribution < 1.29 is 23.0 Å². The summed E-state index contributed by atoms with van der Waals surface area (Å²) in [5.41, 5.74) is 6.22. The van der Waals surface area contributed by atoms with Crippen molar-refractivity contribution in [1.82, 2.24) is 29.8 Å². The van der Waals surface area contributed by atoms with Crippen LogP contribution < -0.4 is 10.1 Å². The van der Waals surface area contributed by atoms with Crippen LogP contribution in [0.2, 0.25) is 5.02 Å². The van der Waals surface area contributed by atoms with Gasteiger partial charge in [-0.25, -0.2) is 23.7 Å². The van der Waals surface area contributed by atoms with E-state index in [1.54, 1.807) is 31.6 Å². The number of rotatable bonds is 11. The minimum absolute atomic E-state index is 0.0419. The van der Waals surface area contributed by atoms with Gasteiger partial charge in [-0.05, 0) is 68.5 Å². The maximum absolute atomic E-state index is 13.8. The molecule has 0 bridgehead atoms. The topological polar surface area (TPSA) is 115 Å². The average Bonchev–Trinajstić information content (AvgIpc) is 3.15. The fourth-order valence-corrected chi connectivity index (χ4v) is 6.88. The van der Waals surface area contributed by atoms with Gasteiger partial charge in [0, 0.05) is 35.6 Å². The molecule has 0 atom stereocenters. The van der Waals surface area contributed by atoms with Crippen LogP contribution in [0.4, 0.5) is 20.3 Å². The van der Waals surface area contributed by atoms with Crippen molar-refractivity contribution in [1.29, 1.82) is 0 Å². The number of aromatic nitrogens is 5. The van der Waals surface area contributed by atoms with Crippen LogP contribution in [0.15, 0.2) is 61.4 Å². The summed E-state index contributed by atoms with van der Waals surface area (Å²) in [4.78, 5) is 36.3. The Bertz CT molecular complexity index is 2090. The summed E-state index contributed by atoms with van der Waals surface area (Å²) in [6.07, 6.45) is 5.36. The quantitative estimate of drug-likeness (QED) is 0.133. The Balaban J connectivity index is 1.26. The first-order valence-corrected chi connectivity index (χ1v) is 16.9. The number of alkyl halides is 2. The number of esters is 1. The standard InChI is InChI=1S/C38H38ClF2N7O3/c1-6-22-17-29-33(43-18-22)35(47-36(45-29)34(40)41)44-28-12-8-9-25(21(28)2)26-10-7-11-27(32(26)39)30-19-42-31(37(46-30)50-4)20-48(3)24-15-13-23(14-16-24)38(49)51-5/h6-12,17-19,23-24,34H,1,13-16,20H2,2-5H3,(H,44,45,47). The van der Waals surface area contributed by atoms with Gasteiger partial charge < -0.3 is 14.8 Å². The predicted molar refractivity (Wildman–Crippen MR) is 194 cm³/mol. The van der Waals surface area contributed by atoms with E-state index in [0.29, 0.717) is 57.2 Å². The maximum Gasteiger partial charge on any atom is 0.308 e. The molecule has 51 heavy (non-hydrogen) atoms. The lowest BCUT2D eigenvalue weighted by molar-refractivity contribution is -0.146. The highest BCUT2D eigenvalue weighted by molar-refractivity contribution is 6.36. The molecular weight excluding hydrogens is 676 g/mol. The number of carbonyl (C=O) groups excluding carboxylic acids is 1. The van der Waals surface area contributed by atoms with Gasteiger partial charge >= 0.3 is 5.97 Å². The third kappa shape index (κ3) is 7.52. The molecule has 10 nitrogen and oxygen atoms in total. The number of nitrogens with zero attached hydrogens (tertiary/aromatic N) is 6. The van der Waals surface area contributed by atoms with Crippen LogP contribution in [-0.2, 0) is 16.1 Å². The van der Waals surface area contributed by atoms with E-state index >= 15 is 0 Å². The van der Waals surface area contributed by atoms with Crippen LogP contribution in [-0.4, -0.2) is 63.1 Å². The first-order valence-electron chi connectivity index (χ1n) is 16.5. The maximum atomic E-state index is 13.8. The Labute approximate surface area is 299 Å². The smallest absolute Gasteiger partial charge is 0.308 e. The molecule has 1 saturated carbocycles. The van der Waals surface area contributed by atoms with Crippen LogP contribution in [0.5, 0.6) is 5.88 Å². The molecule has 0 radical (unpaired) electrons. The largest absolute Gasteiger partial charge is 0.480 e. The molecule has 264 valence electrons. The number of benzene rings is 2. The fourth-order valence-electron chi connectivity index (χ4n) is 6.56. The lowest BCUT2D eigenvalue weighted by Gasteiger charge is -2.33. The van der Waals surface area contributed by atoms with Gasteiger partial charge in [0.25, 0.3) is 6.43 Å². The number of fused-ring (bicyclic) bond motifs is 1. The van der Waals surface area contributed by atoms with E-state index in [1.165, 1.54) is 7.11 Å². The number of pyridine rings is 1. The first-order chi connectivity index (χ1) is 24.6. The number of halogens is 3. The first kappa shape index (κ1) is 35.7. The lowest BCUT2D eigenvalue weighted by Crippen LogP contribution is -2.36. The zero-order chi connectivity index (χ0) is 36.2. The highest BCUT2D eigenvalue weighted by Gasteiger charge is 2.29. The molecule has 3 heterocycles. The van der Waals surface area contributed by atoms with Gasteiger partial charge in [-0.2, -0.15) is 0 Å². The van der Waals surface area contributed by atoms with Crippen LogP contribution in [0.3, 0.4) is 0 Å². The summed E-state index contributed by atoms with van der Waals surface area (Å²) < 4.78 is 38.2. The second-order valence-corrected chi connectivity index (χ2v) is 12.9. The van der Waals surface area contributed by atoms with Gasteiger partial charge in [-0.3, -0.25) is 19.7 Å². The lowest BCUT2D eigenvalue weighted by atomic mass is 9.85. The number of nitrogens with one attached hydrogen (secondary N) is 1. The minimum atomic E-state index is -2.87. The van der Waals surface area contributed by atoms with Gasteiger partial charge in [0.05, 0.1) is 42.6 Å². The average molecular weight is 714 g/mol. The Morgan fingerprint density at radius 3 is 2.47 bits per heavy atom. The van der Waals surface area contributed by atoms with Crippen molar-refractivity contribution in [2.75, 3.05) is 26.6 Å². The van der Waals surface area contributed by atoms with Gasteiger partial charge in [-0.15, -0.1) is 0 Å². The normalized spacial score (nSPS) is 16.0. The minimum Gasteiger partial charge on any atom is -0.480 e. The Morgan fingerprint density at radius 1 is 1.04 bits per heavy atom. The van der Waals surface area contributed by atoms with Gasteiger partial charge in [-0.1, -0.05) is 54.6 Å². The molecule has 0 saturated heterocycles. The number of ether oxygens (including phenoxy) is 2. The van der Waals surface area contributed by atoms with Crippen molar-refractivity contribution >= 4 is 46.2 Å². The zero-order valence-corrected chi connectivity index (χ0v) is 29.5. The third-order valence-electron chi connectivity index (χ3n) is 9.42. The number of hydrogen-bond acceptors (Lipinski definition) is 10. The number of hydrogen-bond donors (Lipinski definition) is 1. The molecule has 0 amide bonds. The van der Waals surface area contributed by atoms with Crippen molar-refractivity contribution in [2.45, 2.75) is 51.6 Å². The summed E-state index contributed by atoms with van der Waals surface area (Å²) in [5.74, 6) is -0.216. The van der Waals surface area contributed by atoms with E-state index in [4.69, 9.17) is 31.0 Å². The van der Waals surface area contributed by atoms with Crippen LogP contribution in [0.1, 0.15) is 54.8 Å². The second-order valence-electron chi connectivity index (χ2n) is 12.5. The third-order valence-corrected chi connectivity index (χ3v) is 9.82. The highest BCUT2D eigenvalue weighted by Crippen LogP contribution is 2.40. The highest BCUT2D eigenvalue weighted by atomic mass is 35.5. The Kier molecular flexibility index (Phi) is 10.8. The van der Waals surface area contributed by atoms with Gasteiger partial charge in [0.15, 0.2) is 11.6 Å². The van der Waals surface area contributed by atoms with E-state index in [9.17, 15) is 13.6 Å². The molecule has 13 heteroatoms. The Hall–Kier alpha value is -5.07. The molecule has 0 spiro atoms. The SMILES string of the molecule is C=Cc1cnc2c(Nc3cccc(-c4cccc(-c5cnc(CN(C)C6CCC(C(=O)OC)CC6)c(OC)n5)c4Cl)c3C)nc(C(F)F)nc2c1. The molecule has 0 unspecified atom stereocenters. The zero-order valence-electron chi connectivity index (χ0n) is 28.8. The van der Waals surface area contributed by atoms with Crippen LogP contribution >= 0.6 is 11.6 Å². The molecule has 1 fully saturated rings. The fraction of sp³-hybridized carbons (Fsp3) is 0.316. The van der Waals surface area contributed by atoms with Gasteiger partial charge in [0.1, 0.15) is 11.2 Å². The number of anilines is 2. The van der Waals surface area contributed by atoms with Crippen molar-refractivity contribution in [2.24, 2.45) is 5.92 Å². The van der Waals surface area contributed by atoms with Crippen molar-refractivity contribution in [3.8, 4) is 28.3 Å². The van der Waals surface area contributed by atoms with E-state index in [0.717, 1.165) is 42.4 Å². The summed E-state index contributed by atoms with van der Waals surface area (Å²) in [5, 5.41) is 3.68. The van der Waals surface area contributed by atoms with E-state index in [-0.39, 0.29) is 23.2 Å². The summed E-state index contributed by atoms with van der Waals surface area (Å²) in [6.45, 7) is 6.17. The molecule has 0 aliphatic heterocycles. The monoisotopic (exact) mass is 713 g/mol. The molecular formula is C38H38ClF2N7O3. The molecule has 2 aromatic carbocycles. The second kappa shape index (κ2) is 15.4. The molecule has 1 N–H and O–H groups in total. The Morgan fingerprint density at radius 2 is 1.76 bits per heavy atom. The molecule has 1 aliphatic rings. The van der Waals surface area contributed by atoms with Gasteiger partial charge in [0.2, 0.25) is 5.88 Å². The van der Waals surface area contributed by atoms with Crippen LogP contribution in [0.25, 0.3) is 39.5 Å². The van der Waals surface area contributed by atoms with E-state index in [1.807, 2.05) is 50.4 Å². The van der Waals surface area contributed by atoms with E-state index < -0.39 is 12.2 Å². The number of methoxy groups -OCH3 is 2. The number of carbonyl (C=O) groups is 1. The van der Waals surface area contributed by atoms with Crippen LogP contribution in [0, 0.1) is 12.8 Å². The molecule has 5 aromatic rings. The van der Waals surface area contributed by atoms with E-state index in [2.05, 4.69) is 31.7 Å². The summed E-state index contributed by atoms with van der Waals surface area (Å²) >= 11 is 7.10. The van der Waals surface area contributed by atoms with Crippen molar-refractivity contribution in [3.05, 3.63) is 89.1 Å². The molecule has 3 aromatic heterocycles. The summed E-state index contributed by atoms with van der Waals surface area (Å²) in [7, 11) is 5.05. The van der Waals surface area contributed by atoms with Crippen molar-refractivity contribution in [3.63, 3.8) is 0 Å². The molecule has 6 rings (SSSR count). The predicted octanol–water partition coefficient (Wildman–Crippen LogP) is 8.61.